The molecule has 0 amide bonds. The summed E-state index contributed by atoms with van der Waals surface area (Å²) in [5.74, 6) is 1.90. The number of fused-ring (bicyclic) bond motifs is 1. The summed E-state index contributed by atoms with van der Waals surface area (Å²) >= 11 is 1.66. The number of benzene rings is 1. The molecule has 1 fully saturated rings. The quantitative estimate of drug-likeness (QED) is 0.869. The van der Waals surface area contributed by atoms with Crippen molar-refractivity contribution in [3.8, 4) is 0 Å². The van der Waals surface area contributed by atoms with Crippen LogP contribution in [0.3, 0.4) is 0 Å². The van der Waals surface area contributed by atoms with Crippen molar-refractivity contribution >= 4 is 11.8 Å². The first-order chi connectivity index (χ1) is 9.34. The van der Waals surface area contributed by atoms with E-state index in [4.69, 9.17) is 0 Å². The molecule has 19 heavy (non-hydrogen) atoms. The van der Waals surface area contributed by atoms with Gasteiger partial charge in [-0.2, -0.15) is 0 Å². The fourth-order valence-electron chi connectivity index (χ4n) is 3.36. The Kier molecular flexibility index (Phi) is 4.44. The molecular weight excluding hydrogens is 257 g/mol. The number of hydrogen-bond donors (Lipinski definition) is 1. The van der Waals surface area contributed by atoms with Gasteiger partial charge in [0.2, 0.25) is 0 Å². The van der Waals surface area contributed by atoms with Crippen LogP contribution in [0.15, 0.2) is 23.1 Å². The van der Waals surface area contributed by atoms with Crippen molar-refractivity contribution in [3.63, 3.8) is 0 Å². The first kappa shape index (κ1) is 13.4. The van der Waals surface area contributed by atoms with Crippen molar-refractivity contribution in [2.75, 3.05) is 12.3 Å². The van der Waals surface area contributed by atoms with Crippen LogP contribution < -0.4 is 5.32 Å². The molecule has 1 unspecified atom stereocenters. The van der Waals surface area contributed by atoms with E-state index in [0.717, 1.165) is 29.5 Å². The molecule has 1 atom stereocenters. The Balaban J connectivity index is 1.58. The molecule has 1 nitrogen and oxygen atoms in total. The van der Waals surface area contributed by atoms with Crippen molar-refractivity contribution in [1.82, 2.24) is 5.32 Å². The second-order valence-corrected chi connectivity index (χ2v) is 6.85. The molecule has 1 N–H and O–H groups in total. The summed E-state index contributed by atoms with van der Waals surface area (Å²) in [6.07, 6.45) is 8.05. The van der Waals surface area contributed by atoms with Gasteiger partial charge in [-0.05, 0) is 42.7 Å². The highest BCUT2D eigenvalue weighted by Gasteiger charge is 2.23. The number of thioether (sulfide) groups is 1. The highest BCUT2D eigenvalue weighted by molar-refractivity contribution is 7.99. The molecular formula is C16H22FNS. The summed E-state index contributed by atoms with van der Waals surface area (Å²) in [5.41, 5.74) is 1.17. The Morgan fingerprint density at radius 3 is 2.89 bits per heavy atom. The summed E-state index contributed by atoms with van der Waals surface area (Å²) in [6.45, 7) is 1.08. The predicted molar refractivity (Wildman–Crippen MR) is 79.1 cm³/mol. The summed E-state index contributed by atoms with van der Waals surface area (Å²) in [7, 11) is 0. The van der Waals surface area contributed by atoms with Crippen LogP contribution >= 0.6 is 11.8 Å². The minimum atomic E-state index is -0.0511. The third-order valence-electron chi connectivity index (χ3n) is 4.44. The van der Waals surface area contributed by atoms with Crippen LogP contribution in [-0.4, -0.2) is 12.3 Å². The lowest BCUT2D eigenvalue weighted by Gasteiger charge is -2.26. The summed E-state index contributed by atoms with van der Waals surface area (Å²) in [5, 5.41) is 3.65. The van der Waals surface area contributed by atoms with E-state index in [1.165, 1.54) is 37.7 Å². The molecule has 0 radical (unpaired) electrons. The first-order valence-corrected chi connectivity index (χ1v) is 8.48. The van der Waals surface area contributed by atoms with Crippen molar-refractivity contribution in [3.05, 3.63) is 29.6 Å². The van der Waals surface area contributed by atoms with Gasteiger partial charge in [-0.1, -0.05) is 37.8 Å². The van der Waals surface area contributed by atoms with Crippen LogP contribution in [0.1, 0.15) is 50.1 Å². The van der Waals surface area contributed by atoms with Crippen LogP contribution in [0.2, 0.25) is 0 Å². The van der Waals surface area contributed by atoms with Gasteiger partial charge >= 0.3 is 0 Å². The van der Waals surface area contributed by atoms with Gasteiger partial charge in [-0.25, -0.2) is 4.39 Å². The summed E-state index contributed by atoms with van der Waals surface area (Å²) < 4.78 is 13.8. The maximum absolute atomic E-state index is 13.8. The van der Waals surface area contributed by atoms with Gasteiger partial charge in [0, 0.05) is 10.9 Å². The monoisotopic (exact) mass is 279 g/mol. The Morgan fingerprint density at radius 2 is 2.05 bits per heavy atom. The zero-order chi connectivity index (χ0) is 13.1. The molecule has 0 saturated heterocycles. The second kappa shape index (κ2) is 6.27. The lowest BCUT2D eigenvalue weighted by atomic mass is 10.0. The number of hydrogen-bond acceptors (Lipinski definition) is 2. The Morgan fingerprint density at radius 1 is 1.21 bits per heavy atom. The van der Waals surface area contributed by atoms with E-state index in [9.17, 15) is 4.39 Å². The van der Waals surface area contributed by atoms with E-state index in [-0.39, 0.29) is 5.82 Å². The fraction of sp³-hybridized carbons (Fsp3) is 0.625. The maximum Gasteiger partial charge on any atom is 0.137 e. The third kappa shape index (κ3) is 3.14. The standard InChI is InChI=1S/C16H22FNS/c17-14-7-3-6-13-15(9-11-19-16(13)14)18-10-8-12-4-1-2-5-12/h3,6-7,12,15,18H,1-2,4-5,8-11H2. The van der Waals surface area contributed by atoms with Gasteiger partial charge in [-0.3, -0.25) is 0 Å². The first-order valence-electron chi connectivity index (χ1n) is 7.49. The van der Waals surface area contributed by atoms with Gasteiger partial charge < -0.3 is 5.32 Å². The lowest BCUT2D eigenvalue weighted by Crippen LogP contribution is -2.26. The molecule has 1 aliphatic carbocycles. The van der Waals surface area contributed by atoms with Gasteiger partial charge in [0.1, 0.15) is 5.82 Å². The fourth-order valence-corrected chi connectivity index (χ4v) is 4.50. The van der Waals surface area contributed by atoms with Crippen LogP contribution in [0.25, 0.3) is 0 Å². The smallest absolute Gasteiger partial charge is 0.137 e. The molecule has 3 heteroatoms. The zero-order valence-electron chi connectivity index (χ0n) is 11.3. The van der Waals surface area contributed by atoms with Gasteiger partial charge in [0.15, 0.2) is 0 Å². The minimum absolute atomic E-state index is 0.0511. The molecule has 0 spiro atoms. The topological polar surface area (TPSA) is 12.0 Å². The van der Waals surface area contributed by atoms with Crippen molar-refractivity contribution in [2.45, 2.75) is 49.5 Å². The molecule has 1 saturated carbocycles. The number of rotatable bonds is 4. The number of nitrogens with one attached hydrogen (secondary N) is 1. The molecule has 1 aliphatic heterocycles. The predicted octanol–water partition coefficient (Wildman–Crippen LogP) is 4.53. The van der Waals surface area contributed by atoms with Crippen LogP contribution in [0, 0.1) is 11.7 Å². The van der Waals surface area contributed by atoms with Gasteiger partial charge in [0.25, 0.3) is 0 Å². The molecule has 3 rings (SSSR count). The average molecular weight is 279 g/mol. The highest BCUT2D eigenvalue weighted by atomic mass is 32.2. The summed E-state index contributed by atoms with van der Waals surface area (Å²) in [4.78, 5) is 0.868. The molecule has 2 aliphatic rings. The molecule has 0 aromatic heterocycles. The molecule has 0 bridgehead atoms. The van der Waals surface area contributed by atoms with Crippen molar-refractivity contribution < 1.29 is 4.39 Å². The Labute approximate surface area is 119 Å². The number of halogens is 1. The maximum atomic E-state index is 13.8. The molecule has 1 aromatic rings. The van der Waals surface area contributed by atoms with E-state index >= 15 is 0 Å². The minimum Gasteiger partial charge on any atom is -0.310 e. The van der Waals surface area contributed by atoms with E-state index in [1.54, 1.807) is 17.8 Å². The normalized spacial score (nSPS) is 23.5. The van der Waals surface area contributed by atoms with Crippen LogP contribution in [0.5, 0.6) is 0 Å². The van der Waals surface area contributed by atoms with Gasteiger partial charge in [0.05, 0.1) is 0 Å². The van der Waals surface area contributed by atoms with Crippen molar-refractivity contribution in [2.24, 2.45) is 5.92 Å². The van der Waals surface area contributed by atoms with E-state index in [0.29, 0.717) is 6.04 Å². The summed E-state index contributed by atoms with van der Waals surface area (Å²) in [6, 6.07) is 5.85. The highest BCUT2D eigenvalue weighted by Crippen LogP contribution is 2.37. The molecule has 1 aromatic carbocycles. The van der Waals surface area contributed by atoms with E-state index < -0.39 is 0 Å². The Bertz CT molecular complexity index is 429. The Hall–Kier alpha value is -0.540. The molecule has 104 valence electrons. The second-order valence-electron chi connectivity index (χ2n) is 5.74. The third-order valence-corrected chi connectivity index (χ3v) is 5.60. The largest absolute Gasteiger partial charge is 0.310 e. The zero-order valence-corrected chi connectivity index (χ0v) is 12.1. The van der Waals surface area contributed by atoms with E-state index in [1.807, 2.05) is 6.07 Å². The van der Waals surface area contributed by atoms with Gasteiger partial charge in [-0.15, -0.1) is 11.8 Å². The SMILES string of the molecule is Fc1cccc2c1SCCC2NCCC1CCCC1. The average Bonchev–Trinajstić information content (AvgIpc) is 2.93. The van der Waals surface area contributed by atoms with E-state index in [2.05, 4.69) is 11.4 Å². The van der Waals surface area contributed by atoms with Crippen LogP contribution in [0.4, 0.5) is 4.39 Å². The van der Waals surface area contributed by atoms with Crippen molar-refractivity contribution in [1.29, 1.82) is 0 Å². The lowest BCUT2D eigenvalue weighted by molar-refractivity contribution is 0.432. The van der Waals surface area contributed by atoms with Crippen LogP contribution in [-0.2, 0) is 0 Å². The molecule has 1 heterocycles.